The normalized spacial score (nSPS) is 10.6. The van der Waals surface area contributed by atoms with Gasteiger partial charge in [-0.05, 0) is 30.5 Å². The molecule has 2 heterocycles. The van der Waals surface area contributed by atoms with Crippen LogP contribution in [-0.2, 0) is 11.2 Å². The number of hydrogen-bond acceptors (Lipinski definition) is 5. The van der Waals surface area contributed by atoms with E-state index in [0.29, 0.717) is 5.13 Å². The number of aryl methyl sites for hydroxylation is 1. The van der Waals surface area contributed by atoms with Crippen LogP contribution in [0.15, 0.2) is 52.5 Å². The van der Waals surface area contributed by atoms with E-state index in [1.165, 1.54) is 40.9 Å². The van der Waals surface area contributed by atoms with Gasteiger partial charge in [0.1, 0.15) is 6.54 Å². The zero-order chi connectivity index (χ0) is 19.9. The van der Waals surface area contributed by atoms with E-state index in [1.807, 2.05) is 5.38 Å². The van der Waals surface area contributed by atoms with Crippen molar-refractivity contribution >= 4 is 28.3 Å². The summed E-state index contributed by atoms with van der Waals surface area (Å²) in [6.45, 7) is 2.10. The lowest BCUT2D eigenvalue weighted by Crippen LogP contribution is -2.34. The lowest BCUT2D eigenvalue weighted by atomic mass is 10.1. The number of rotatable bonds is 8. The van der Waals surface area contributed by atoms with Crippen molar-refractivity contribution in [2.24, 2.45) is 0 Å². The van der Waals surface area contributed by atoms with Crippen molar-refractivity contribution in [2.45, 2.75) is 26.2 Å². The summed E-state index contributed by atoms with van der Waals surface area (Å²) in [7, 11) is 1.55. The highest BCUT2D eigenvalue weighted by Gasteiger charge is 2.18. The molecule has 146 valence electrons. The first-order valence-electron chi connectivity index (χ1n) is 9.20. The van der Waals surface area contributed by atoms with Crippen LogP contribution in [0.1, 0.15) is 35.9 Å². The summed E-state index contributed by atoms with van der Waals surface area (Å²) in [6, 6.07) is 11.6. The number of nitrogens with one attached hydrogen (secondary N) is 1. The fraction of sp³-hybridized carbons (Fsp3) is 0.286. The van der Waals surface area contributed by atoms with E-state index in [0.717, 1.165) is 17.7 Å². The molecule has 3 aromatic rings. The van der Waals surface area contributed by atoms with Gasteiger partial charge in [0.05, 0.1) is 12.0 Å². The van der Waals surface area contributed by atoms with Crippen LogP contribution in [0.5, 0.6) is 0 Å². The minimum absolute atomic E-state index is 0.0828. The second-order valence-corrected chi connectivity index (χ2v) is 7.38. The fourth-order valence-corrected chi connectivity index (χ4v) is 3.46. The molecule has 0 bridgehead atoms. The number of amides is 2. The molecule has 3 rings (SSSR count). The monoisotopic (exact) mass is 397 g/mol. The molecule has 7 heteroatoms. The van der Waals surface area contributed by atoms with Gasteiger partial charge in [0, 0.05) is 18.0 Å². The number of carbonyl (C=O) groups is 2. The first kappa shape index (κ1) is 19.8. The SMILES string of the molecule is CCCCc1ccc(-c2csc(NC(=O)CN(C)C(=O)c3ccco3)n2)cc1. The highest BCUT2D eigenvalue weighted by Crippen LogP contribution is 2.25. The van der Waals surface area contributed by atoms with Crippen LogP contribution >= 0.6 is 11.3 Å². The number of nitrogens with zero attached hydrogens (tertiary/aromatic N) is 2. The number of likely N-dealkylation sites (N-methyl/N-ethyl adjacent to an activating group) is 1. The summed E-state index contributed by atoms with van der Waals surface area (Å²) in [5.41, 5.74) is 3.16. The largest absolute Gasteiger partial charge is 0.459 e. The van der Waals surface area contributed by atoms with E-state index in [1.54, 1.807) is 19.2 Å². The predicted molar refractivity (Wildman–Crippen MR) is 110 cm³/mol. The third-order valence-corrected chi connectivity index (χ3v) is 5.04. The molecule has 2 amide bonds. The predicted octanol–water partition coefficient (Wildman–Crippen LogP) is 4.46. The molecule has 0 aliphatic carbocycles. The lowest BCUT2D eigenvalue weighted by Gasteiger charge is -2.14. The van der Waals surface area contributed by atoms with Gasteiger partial charge in [-0.15, -0.1) is 11.3 Å². The third kappa shape index (κ3) is 5.07. The average Bonchev–Trinajstić information content (AvgIpc) is 3.38. The molecule has 1 N–H and O–H groups in total. The van der Waals surface area contributed by atoms with Crippen molar-refractivity contribution in [3.63, 3.8) is 0 Å². The second kappa shape index (κ2) is 9.32. The number of unbranched alkanes of at least 4 members (excludes halogenated alkanes) is 1. The Bertz CT molecular complexity index is 917. The quantitative estimate of drug-likeness (QED) is 0.609. The summed E-state index contributed by atoms with van der Waals surface area (Å²) < 4.78 is 5.07. The van der Waals surface area contributed by atoms with E-state index in [4.69, 9.17) is 4.42 Å². The van der Waals surface area contributed by atoms with Gasteiger partial charge in [0.2, 0.25) is 5.91 Å². The highest BCUT2D eigenvalue weighted by atomic mass is 32.1. The third-order valence-electron chi connectivity index (χ3n) is 4.28. The summed E-state index contributed by atoms with van der Waals surface area (Å²) in [5, 5.41) is 5.17. The molecule has 0 radical (unpaired) electrons. The Morgan fingerprint density at radius 3 is 2.68 bits per heavy atom. The minimum atomic E-state index is -0.344. The molecule has 28 heavy (non-hydrogen) atoms. The van der Waals surface area contributed by atoms with Gasteiger partial charge in [-0.1, -0.05) is 37.6 Å². The van der Waals surface area contributed by atoms with Crippen molar-refractivity contribution < 1.29 is 14.0 Å². The van der Waals surface area contributed by atoms with Gasteiger partial charge >= 0.3 is 0 Å². The van der Waals surface area contributed by atoms with E-state index >= 15 is 0 Å². The molecule has 0 unspecified atom stereocenters. The maximum absolute atomic E-state index is 12.2. The number of hydrogen-bond donors (Lipinski definition) is 1. The number of carbonyl (C=O) groups excluding carboxylic acids is 2. The Hall–Kier alpha value is -2.93. The van der Waals surface area contributed by atoms with Crippen molar-refractivity contribution in [3.05, 3.63) is 59.4 Å². The molecule has 0 atom stereocenters. The van der Waals surface area contributed by atoms with Crippen molar-refractivity contribution in [2.75, 3.05) is 18.9 Å². The molecule has 1 aromatic carbocycles. The summed E-state index contributed by atoms with van der Waals surface area (Å²) in [4.78, 5) is 30.1. The molecule has 0 aliphatic rings. The molecule has 6 nitrogen and oxygen atoms in total. The van der Waals surface area contributed by atoms with Crippen LogP contribution in [0.3, 0.4) is 0 Å². The molecule has 0 spiro atoms. The van der Waals surface area contributed by atoms with Crippen LogP contribution in [0.2, 0.25) is 0 Å². The topological polar surface area (TPSA) is 75.4 Å². The zero-order valence-corrected chi connectivity index (χ0v) is 16.8. The Balaban J connectivity index is 1.56. The summed E-state index contributed by atoms with van der Waals surface area (Å²) in [5.74, 6) is -0.449. The van der Waals surface area contributed by atoms with Crippen LogP contribution in [-0.4, -0.2) is 35.3 Å². The van der Waals surface area contributed by atoms with E-state index in [-0.39, 0.29) is 24.1 Å². The van der Waals surface area contributed by atoms with Gasteiger partial charge in [0.15, 0.2) is 10.9 Å². The Morgan fingerprint density at radius 2 is 2.00 bits per heavy atom. The smallest absolute Gasteiger partial charge is 0.289 e. The second-order valence-electron chi connectivity index (χ2n) is 6.53. The number of aromatic nitrogens is 1. The fourth-order valence-electron chi connectivity index (χ4n) is 2.72. The van der Waals surface area contributed by atoms with Crippen molar-refractivity contribution in [3.8, 4) is 11.3 Å². The summed E-state index contributed by atoms with van der Waals surface area (Å²) in [6.07, 6.45) is 4.87. The van der Waals surface area contributed by atoms with Crippen LogP contribution in [0.25, 0.3) is 11.3 Å². The molecule has 0 saturated heterocycles. The van der Waals surface area contributed by atoms with E-state index in [9.17, 15) is 9.59 Å². The van der Waals surface area contributed by atoms with Gasteiger partial charge in [-0.2, -0.15) is 0 Å². The summed E-state index contributed by atoms with van der Waals surface area (Å²) >= 11 is 1.36. The number of anilines is 1. The molecular formula is C21H23N3O3S. The van der Waals surface area contributed by atoms with Gasteiger partial charge in [-0.3, -0.25) is 9.59 Å². The van der Waals surface area contributed by atoms with Crippen LogP contribution < -0.4 is 5.32 Å². The lowest BCUT2D eigenvalue weighted by molar-refractivity contribution is -0.116. The maximum atomic E-state index is 12.2. The van der Waals surface area contributed by atoms with Crippen molar-refractivity contribution in [1.29, 1.82) is 0 Å². The minimum Gasteiger partial charge on any atom is -0.459 e. The molecule has 2 aromatic heterocycles. The van der Waals surface area contributed by atoms with Gasteiger partial charge < -0.3 is 14.6 Å². The Labute approximate surface area is 168 Å². The molecule has 0 fully saturated rings. The highest BCUT2D eigenvalue weighted by molar-refractivity contribution is 7.14. The Morgan fingerprint density at radius 1 is 1.21 bits per heavy atom. The number of thiazole rings is 1. The van der Waals surface area contributed by atoms with Gasteiger partial charge in [-0.25, -0.2) is 4.98 Å². The molecule has 0 aliphatic heterocycles. The maximum Gasteiger partial charge on any atom is 0.289 e. The first-order valence-corrected chi connectivity index (χ1v) is 10.1. The van der Waals surface area contributed by atoms with E-state index in [2.05, 4.69) is 41.5 Å². The van der Waals surface area contributed by atoms with E-state index < -0.39 is 0 Å². The zero-order valence-electron chi connectivity index (χ0n) is 16.0. The Kier molecular flexibility index (Phi) is 6.60. The number of benzene rings is 1. The van der Waals surface area contributed by atoms with Crippen LogP contribution in [0.4, 0.5) is 5.13 Å². The first-order chi connectivity index (χ1) is 13.6. The number of furan rings is 1. The van der Waals surface area contributed by atoms with Crippen LogP contribution in [0, 0.1) is 0 Å². The van der Waals surface area contributed by atoms with Crippen molar-refractivity contribution in [1.82, 2.24) is 9.88 Å². The molecule has 0 saturated carbocycles. The van der Waals surface area contributed by atoms with Gasteiger partial charge in [0.25, 0.3) is 5.91 Å². The molecular weight excluding hydrogens is 374 g/mol. The standard InChI is InChI=1S/C21H23N3O3S/c1-3-4-6-15-8-10-16(11-9-15)17-14-28-21(22-17)23-19(25)13-24(2)20(26)18-7-5-12-27-18/h5,7-12,14H,3-4,6,13H2,1-2H3,(H,22,23,25). The average molecular weight is 398 g/mol.